The minimum Gasteiger partial charge on any atom is -0.430 e. The van der Waals surface area contributed by atoms with E-state index >= 15 is 0 Å². The van der Waals surface area contributed by atoms with Gasteiger partial charge in [-0.15, -0.1) is 0 Å². The zero-order chi connectivity index (χ0) is 17.8. The highest BCUT2D eigenvalue weighted by Gasteiger charge is 2.17. The lowest BCUT2D eigenvalue weighted by Crippen LogP contribution is -2.05. The second-order valence-corrected chi connectivity index (χ2v) is 8.27. The highest BCUT2D eigenvalue weighted by atomic mass is 32.2. The van der Waals surface area contributed by atoms with Crippen LogP contribution < -0.4 is 4.18 Å². The quantitative estimate of drug-likeness (QED) is 0.301. The first-order valence-corrected chi connectivity index (χ1v) is 11.3. The fourth-order valence-electron chi connectivity index (χ4n) is 2.99. The van der Waals surface area contributed by atoms with Crippen molar-refractivity contribution >= 4 is 10.1 Å². The van der Waals surface area contributed by atoms with Crippen molar-refractivity contribution in [3.05, 3.63) is 17.9 Å². The van der Waals surface area contributed by atoms with Crippen LogP contribution >= 0.6 is 0 Å². The largest absolute Gasteiger partial charge is 0.430 e. The van der Waals surface area contributed by atoms with E-state index < -0.39 is 10.1 Å². The molecule has 1 aromatic heterocycles. The maximum atomic E-state index is 11.2. The van der Waals surface area contributed by atoms with Gasteiger partial charge in [0.25, 0.3) is 0 Å². The third-order valence-electron chi connectivity index (χ3n) is 4.30. The van der Waals surface area contributed by atoms with Gasteiger partial charge in [-0.25, -0.2) is 0 Å². The van der Waals surface area contributed by atoms with Gasteiger partial charge in [0.1, 0.15) is 5.76 Å². The molecule has 1 atom stereocenters. The highest BCUT2D eigenvalue weighted by Crippen LogP contribution is 2.32. The SMILES string of the molecule is CCCCCCCC(CCCCCC)c1ccc(OS(C)(=O)=O)o1. The standard InChI is InChI=1S/C19H34O4S/c1-4-6-8-10-12-14-17(13-11-9-7-5-2)18-15-16-19(22-18)23-24(3,20)21/h15-17H,4-14H2,1-3H3. The number of hydrogen-bond acceptors (Lipinski definition) is 4. The minimum atomic E-state index is -3.53. The first kappa shape index (κ1) is 21.1. The molecule has 0 aliphatic carbocycles. The average molecular weight is 359 g/mol. The molecule has 1 heterocycles. The average Bonchev–Trinajstić information content (AvgIpc) is 2.95. The molecule has 0 spiro atoms. The third kappa shape index (κ3) is 9.36. The van der Waals surface area contributed by atoms with Gasteiger partial charge in [0.2, 0.25) is 0 Å². The molecule has 1 rings (SSSR count). The maximum absolute atomic E-state index is 11.2. The predicted molar refractivity (Wildman–Crippen MR) is 99.1 cm³/mol. The number of furan rings is 1. The first-order chi connectivity index (χ1) is 11.5. The van der Waals surface area contributed by atoms with E-state index in [2.05, 4.69) is 13.8 Å². The number of rotatable bonds is 14. The molecule has 0 bridgehead atoms. The van der Waals surface area contributed by atoms with Crippen molar-refractivity contribution in [2.24, 2.45) is 0 Å². The van der Waals surface area contributed by atoms with Gasteiger partial charge < -0.3 is 8.60 Å². The van der Waals surface area contributed by atoms with Gasteiger partial charge in [-0.3, -0.25) is 0 Å². The zero-order valence-electron chi connectivity index (χ0n) is 15.6. The van der Waals surface area contributed by atoms with Crippen LogP contribution in [-0.4, -0.2) is 14.7 Å². The van der Waals surface area contributed by atoms with Gasteiger partial charge in [-0.2, -0.15) is 8.42 Å². The summed E-state index contributed by atoms with van der Waals surface area (Å²) in [5.41, 5.74) is 0. The summed E-state index contributed by atoms with van der Waals surface area (Å²) in [4.78, 5) is 0. The Morgan fingerprint density at radius 3 is 2.00 bits per heavy atom. The lowest BCUT2D eigenvalue weighted by molar-refractivity contribution is 0.340. The molecule has 0 saturated carbocycles. The molecule has 4 nitrogen and oxygen atoms in total. The Kier molecular flexibility index (Phi) is 10.2. The van der Waals surface area contributed by atoms with Gasteiger partial charge in [-0.1, -0.05) is 71.6 Å². The molecule has 0 saturated heterocycles. The molecule has 0 fully saturated rings. The molecule has 24 heavy (non-hydrogen) atoms. The van der Waals surface area contributed by atoms with Crippen LogP contribution in [0.5, 0.6) is 5.95 Å². The molecule has 1 aromatic rings. The van der Waals surface area contributed by atoms with E-state index in [0.29, 0.717) is 5.92 Å². The Morgan fingerprint density at radius 1 is 0.917 bits per heavy atom. The van der Waals surface area contributed by atoms with E-state index in [1.165, 1.54) is 57.8 Å². The summed E-state index contributed by atoms with van der Waals surface area (Å²) < 4.78 is 32.9. The van der Waals surface area contributed by atoms with Crippen LogP contribution in [0.2, 0.25) is 0 Å². The Morgan fingerprint density at radius 2 is 1.46 bits per heavy atom. The van der Waals surface area contributed by atoms with Crippen LogP contribution in [-0.2, 0) is 10.1 Å². The molecule has 0 aliphatic rings. The molecule has 0 N–H and O–H groups in total. The summed E-state index contributed by atoms with van der Waals surface area (Å²) in [6.45, 7) is 4.44. The molecule has 0 aliphatic heterocycles. The zero-order valence-corrected chi connectivity index (χ0v) is 16.4. The lowest BCUT2D eigenvalue weighted by Gasteiger charge is -2.14. The molecular weight excluding hydrogens is 324 g/mol. The summed E-state index contributed by atoms with van der Waals surface area (Å²) in [7, 11) is -3.53. The fourth-order valence-corrected chi connectivity index (χ4v) is 3.38. The topological polar surface area (TPSA) is 56.5 Å². The van der Waals surface area contributed by atoms with Crippen molar-refractivity contribution in [1.82, 2.24) is 0 Å². The van der Waals surface area contributed by atoms with Crippen LogP contribution in [0.3, 0.4) is 0 Å². The molecule has 0 radical (unpaired) electrons. The molecule has 1 unspecified atom stereocenters. The summed E-state index contributed by atoms with van der Waals surface area (Å²) >= 11 is 0. The normalized spacial score (nSPS) is 13.1. The highest BCUT2D eigenvalue weighted by molar-refractivity contribution is 7.86. The van der Waals surface area contributed by atoms with Gasteiger partial charge in [0.05, 0.1) is 6.26 Å². The Balaban J connectivity index is 2.58. The number of unbranched alkanes of at least 4 members (excludes halogenated alkanes) is 7. The summed E-state index contributed by atoms with van der Waals surface area (Å²) in [5.74, 6) is 1.30. The van der Waals surface area contributed by atoms with Gasteiger partial charge in [0.15, 0.2) is 0 Å². The molecule has 5 heteroatoms. The van der Waals surface area contributed by atoms with Crippen molar-refractivity contribution in [1.29, 1.82) is 0 Å². The van der Waals surface area contributed by atoms with E-state index in [1.54, 1.807) is 6.07 Å². The van der Waals surface area contributed by atoms with Crippen molar-refractivity contribution in [3.63, 3.8) is 0 Å². The van der Waals surface area contributed by atoms with Crippen molar-refractivity contribution in [2.45, 2.75) is 90.4 Å². The molecule has 140 valence electrons. The van der Waals surface area contributed by atoms with Crippen molar-refractivity contribution in [3.8, 4) is 5.95 Å². The van der Waals surface area contributed by atoms with E-state index in [0.717, 1.165) is 24.9 Å². The van der Waals surface area contributed by atoms with Crippen molar-refractivity contribution < 1.29 is 17.0 Å². The lowest BCUT2D eigenvalue weighted by atomic mass is 9.92. The fraction of sp³-hybridized carbons (Fsp3) is 0.789. The Hall–Kier alpha value is -0.970. The molecular formula is C19H34O4S. The van der Waals surface area contributed by atoms with E-state index in [1.807, 2.05) is 6.07 Å². The number of hydrogen-bond donors (Lipinski definition) is 0. The second kappa shape index (κ2) is 11.6. The Labute approximate surface area is 148 Å². The Bertz CT molecular complexity index is 533. The monoisotopic (exact) mass is 358 g/mol. The van der Waals surface area contributed by atoms with Gasteiger partial charge in [-0.05, 0) is 18.9 Å². The molecule has 0 aromatic carbocycles. The molecule has 0 amide bonds. The van der Waals surface area contributed by atoms with Crippen LogP contribution in [0, 0.1) is 0 Å². The summed E-state index contributed by atoms with van der Waals surface area (Å²) in [6.07, 6.45) is 14.5. The first-order valence-electron chi connectivity index (χ1n) is 9.45. The van der Waals surface area contributed by atoms with Crippen LogP contribution in [0.1, 0.15) is 96.2 Å². The maximum Gasteiger partial charge on any atom is 0.308 e. The van der Waals surface area contributed by atoms with Crippen LogP contribution in [0.25, 0.3) is 0 Å². The second-order valence-electron chi connectivity index (χ2n) is 6.69. The van der Waals surface area contributed by atoms with Crippen LogP contribution in [0.15, 0.2) is 16.5 Å². The smallest absolute Gasteiger partial charge is 0.308 e. The van der Waals surface area contributed by atoms with Gasteiger partial charge >= 0.3 is 16.1 Å². The van der Waals surface area contributed by atoms with Crippen molar-refractivity contribution in [2.75, 3.05) is 6.26 Å². The van der Waals surface area contributed by atoms with E-state index in [4.69, 9.17) is 8.60 Å². The minimum absolute atomic E-state index is 0.0806. The van der Waals surface area contributed by atoms with E-state index in [-0.39, 0.29) is 5.95 Å². The van der Waals surface area contributed by atoms with Crippen LogP contribution in [0.4, 0.5) is 0 Å². The van der Waals surface area contributed by atoms with E-state index in [9.17, 15) is 8.42 Å². The third-order valence-corrected chi connectivity index (χ3v) is 4.77. The predicted octanol–water partition coefficient (Wildman–Crippen LogP) is 6.03. The summed E-state index contributed by atoms with van der Waals surface area (Å²) in [6, 6.07) is 3.49. The van der Waals surface area contributed by atoms with Gasteiger partial charge in [0, 0.05) is 12.0 Å². The summed E-state index contributed by atoms with van der Waals surface area (Å²) in [5, 5.41) is 0.